The molecule has 2 atom stereocenters. The van der Waals surface area contributed by atoms with Gasteiger partial charge < -0.3 is 9.80 Å². The van der Waals surface area contributed by atoms with Crippen LogP contribution in [0.2, 0.25) is 0 Å². The van der Waals surface area contributed by atoms with E-state index in [2.05, 4.69) is 6.92 Å². The molecule has 3 rings (SSSR count). The maximum atomic E-state index is 12.9. The van der Waals surface area contributed by atoms with Crippen molar-refractivity contribution >= 4 is 17.5 Å². The summed E-state index contributed by atoms with van der Waals surface area (Å²) in [4.78, 5) is 29.2. The summed E-state index contributed by atoms with van der Waals surface area (Å²) in [5.41, 5.74) is 2.02. The van der Waals surface area contributed by atoms with E-state index < -0.39 is 0 Å². The van der Waals surface area contributed by atoms with Crippen LogP contribution in [0.15, 0.2) is 24.3 Å². The molecule has 2 amide bonds. The van der Waals surface area contributed by atoms with E-state index in [4.69, 9.17) is 0 Å². The molecular formula is C19H26N2O2. The van der Waals surface area contributed by atoms with Gasteiger partial charge in [0.25, 0.3) is 0 Å². The summed E-state index contributed by atoms with van der Waals surface area (Å²) in [5, 5.41) is 0. The minimum Gasteiger partial charge on any atom is -0.339 e. The van der Waals surface area contributed by atoms with Gasteiger partial charge in [0.2, 0.25) is 11.8 Å². The predicted octanol–water partition coefficient (Wildman–Crippen LogP) is 3.14. The minimum atomic E-state index is -0.186. The number of anilines is 1. The van der Waals surface area contributed by atoms with Crippen molar-refractivity contribution in [1.82, 2.24) is 4.90 Å². The molecule has 2 saturated heterocycles. The van der Waals surface area contributed by atoms with Crippen molar-refractivity contribution in [3.05, 3.63) is 29.8 Å². The second-order valence-corrected chi connectivity index (χ2v) is 6.78. The minimum absolute atomic E-state index is 0.0720. The second kappa shape index (κ2) is 6.73. The Morgan fingerprint density at radius 1 is 1.26 bits per heavy atom. The summed E-state index contributed by atoms with van der Waals surface area (Å²) >= 11 is 0. The highest BCUT2D eigenvalue weighted by atomic mass is 16.2. The third-order valence-electron chi connectivity index (χ3n) is 5.26. The molecule has 1 aromatic carbocycles. The molecule has 124 valence electrons. The van der Waals surface area contributed by atoms with E-state index in [0.717, 1.165) is 37.1 Å². The van der Waals surface area contributed by atoms with Crippen molar-refractivity contribution < 1.29 is 9.59 Å². The number of rotatable bonds is 3. The Morgan fingerprint density at radius 2 is 2.04 bits per heavy atom. The van der Waals surface area contributed by atoms with Crippen LogP contribution in [0, 0.1) is 12.8 Å². The fraction of sp³-hybridized carbons (Fsp3) is 0.579. The summed E-state index contributed by atoms with van der Waals surface area (Å²) in [6.07, 6.45) is 4.75. The third kappa shape index (κ3) is 3.12. The molecule has 0 aliphatic carbocycles. The topological polar surface area (TPSA) is 40.6 Å². The van der Waals surface area contributed by atoms with Gasteiger partial charge in [0.05, 0.1) is 5.92 Å². The molecule has 0 spiro atoms. The number of benzene rings is 1. The number of nitrogens with zero attached hydrogens (tertiary/aromatic N) is 2. The highest BCUT2D eigenvalue weighted by Crippen LogP contribution is 2.30. The van der Waals surface area contributed by atoms with Crippen molar-refractivity contribution in [3.8, 4) is 0 Å². The van der Waals surface area contributed by atoms with Gasteiger partial charge in [-0.1, -0.05) is 25.1 Å². The van der Waals surface area contributed by atoms with E-state index in [-0.39, 0.29) is 17.7 Å². The average molecular weight is 314 g/mol. The van der Waals surface area contributed by atoms with Crippen molar-refractivity contribution in [3.63, 3.8) is 0 Å². The van der Waals surface area contributed by atoms with Gasteiger partial charge in [-0.15, -0.1) is 0 Å². The summed E-state index contributed by atoms with van der Waals surface area (Å²) in [6, 6.07) is 8.26. The van der Waals surface area contributed by atoms with Gasteiger partial charge in [0, 0.05) is 31.2 Å². The predicted molar refractivity (Wildman–Crippen MR) is 91.3 cm³/mol. The molecule has 0 unspecified atom stereocenters. The monoisotopic (exact) mass is 314 g/mol. The zero-order valence-electron chi connectivity index (χ0n) is 14.1. The molecule has 2 aliphatic rings. The molecule has 0 bridgehead atoms. The van der Waals surface area contributed by atoms with Gasteiger partial charge in [-0.25, -0.2) is 0 Å². The Hall–Kier alpha value is -1.84. The Balaban J connectivity index is 1.74. The normalized spacial score (nSPS) is 25.0. The first kappa shape index (κ1) is 16.0. The molecule has 4 heteroatoms. The molecule has 0 saturated carbocycles. The lowest BCUT2D eigenvalue weighted by molar-refractivity contribution is -0.139. The molecular weight excluding hydrogens is 288 g/mol. The number of aryl methyl sites for hydroxylation is 1. The molecule has 0 aromatic heterocycles. The van der Waals surface area contributed by atoms with E-state index in [1.54, 1.807) is 4.90 Å². The molecule has 2 fully saturated rings. The van der Waals surface area contributed by atoms with Crippen LogP contribution in [0.25, 0.3) is 0 Å². The summed E-state index contributed by atoms with van der Waals surface area (Å²) in [6.45, 7) is 5.53. The molecule has 23 heavy (non-hydrogen) atoms. The number of para-hydroxylation sites is 1. The number of carbonyl (C=O) groups is 2. The van der Waals surface area contributed by atoms with Crippen molar-refractivity contribution in [2.24, 2.45) is 5.92 Å². The number of amides is 2. The summed E-state index contributed by atoms with van der Waals surface area (Å²) < 4.78 is 0. The third-order valence-corrected chi connectivity index (χ3v) is 5.26. The maximum absolute atomic E-state index is 12.9. The first-order chi connectivity index (χ1) is 11.1. The summed E-state index contributed by atoms with van der Waals surface area (Å²) in [7, 11) is 0. The van der Waals surface area contributed by atoms with Gasteiger partial charge >= 0.3 is 0 Å². The van der Waals surface area contributed by atoms with Gasteiger partial charge in [-0.3, -0.25) is 9.59 Å². The first-order valence-electron chi connectivity index (χ1n) is 8.78. The van der Waals surface area contributed by atoms with Gasteiger partial charge in [0.15, 0.2) is 0 Å². The Morgan fingerprint density at radius 3 is 2.78 bits per heavy atom. The zero-order chi connectivity index (χ0) is 16.4. The van der Waals surface area contributed by atoms with Crippen LogP contribution < -0.4 is 4.90 Å². The SMILES string of the molecule is CC[C@@H]1CCCCN1C(=O)[C@@H]1CC(=O)N(c2ccccc2C)C1. The van der Waals surface area contributed by atoms with Crippen LogP contribution in [-0.4, -0.2) is 35.8 Å². The van der Waals surface area contributed by atoms with Gasteiger partial charge in [0.1, 0.15) is 0 Å². The number of carbonyl (C=O) groups excluding carboxylic acids is 2. The van der Waals surface area contributed by atoms with Crippen LogP contribution in [0.3, 0.4) is 0 Å². The van der Waals surface area contributed by atoms with Crippen LogP contribution in [0.1, 0.15) is 44.6 Å². The Labute approximate surface area is 138 Å². The lowest BCUT2D eigenvalue weighted by atomic mass is 9.97. The smallest absolute Gasteiger partial charge is 0.228 e. The fourth-order valence-corrected chi connectivity index (χ4v) is 3.92. The van der Waals surface area contributed by atoms with E-state index in [0.29, 0.717) is 19.0 Å². The van der Waals surface area contributed by atoms with Crippen LogP contribution in [0.5, 0.6) is 0 Å². The first-order valence-corrected chi connectivity index (χ1v) is 8.78. The second-order valence-electron chi connectivity index (χ2n) is 6.78. The highest BCUT2D eigenvalue weighted by molar-refractivity contribution is 6.00. The Bertz CT molecular complexity index is 599. The van der Waals surface area contributed by atoms with Crippen LogP contribution in [0.4, 0.5) is 5.69 Å². The zero-order valence-corrected chi connectivity index (χ0v) is 14.1. The number of likely N-dealkylation sites (tertiary alicyclic amines) is 1. The number of hydrogen-bond donors (Lipinski definition) is 0. The van der Waals surface area contributed by atoms with Gasteiger partial charge in [-0.05, 0) is 44.2 Å². The molecule has 4 nitrogen and oxygen atoms in total. The fourth-order valence-electron chi connectivity index (χ4n) is 3.92. The lowest BCUT2D eigenvalue weighted by Crippen LogP contribution is -2.46. The molecule has 0 radical (unpaired) electrons. The largest absolute Gasteiger partial charge is 0.339 e. The van der Waals surface area contributed by atoms with E-state index in [1.165, 1.54) is 6.42 Å². The highest BCUT2D eigenvalue weighted by Gasteiger charge is 2.39. The van der Waals surface area contributed by atoms with Gasteiger partial charge in [-0.2, -0.15) is 0 Å². The lowest BCUT2D eigenvalue weighted by Gasteiger charge is -2.36. The quantitative estimate of drug-likeness (QED) is 0.860. The molecule has 2 heterocycles. The Kier molecular flexibility index (Phi) is 4.69. The molecule has 0 N–H and O–H groups in total. The molecule has 2 aliphatic heterocycles. The average Bonchev–Trinajstić information content (AvgIpc) is 2.96. The van der Waals surface area contributed by atoms with Crippen LogP contribution >= 0.6 is 0 Å². The number of piperidine rings is 1. The van der Waals surface area contributed by atoms with E-state index in [1.807, 2.05) is 36.1 Å². The standard InChI is InChI=1S/C19H26N2O2/c1-3-16-9-6-7-11-20(16)19(23)15-12-18(22)21(13-15)17-10-5-4-8-14(17)2/h4-5,8,10,15-16H,3,6-7,9,11-13H2,1-2H3/t15-,16-/m1/s1. The van der Waals surface area contributed by atoms with Crippen LogP contribution in [-0.2, 0) is 9.59 Å². The maximum Gasteiger partial charge on any atom is 0.228 e. The van der Waals surface area contributed by atoms with Crippen molar-refractivity contribution in [2.75, 3.05) is 18.0 Å². The summed E-state index contributed by atoms with van der Waals surface area (Å²) in [5.74, 6) is 0.0675. The van der Waals surface area contributed by atoms with E-state index in [9.17, 15) is 9.59 Å². The number of hydrogen-bond acceptors (Lipinski definition) is 2. The van der Waals surface area contributed by atoms with Crippen molar-refractivity contribution in [1.29, 1.82) is 0 Å². The molecule has 1 aromatic rings. The van der Waals surface area contributed by atoms with E-state index >= 15 is 0 Å². The van der Waals surface area contributed by atoms with Crippen molar-refractivity contribution in [2.45, 2.75) is 52.0 Å².